The highest BCUT2D eigenvalue weighted by Crippen LogP contribution is 2.27. The van der Waals surface area contributed by atoms with Crippen LogP contribution in [0.2, 0.25) is 0 Å². The zero-order chi connectivity index (χ0) is 11.4. The molecule has 0 spiro atoms. The molecule has 2 heterocycles. The molecular formula is C12H14BrNOS. The first-order valence-corrected chi connectivity index (χ1v) is 6.95. The summed E-state index contributed by atoms with van der Waals surface area (Å²) >= 11 is 5.27. The van der Waals surface area contributed by atoms with Crippen LogP contribution >= 0.6 is 27.3 Å². The van der Waals surface area contributed by atoms with E-state index in [0.717, 1.165) is 17.4 Å². The van der Waals surface area contributed by atoms with Gasteiger partial charge in [-0.15, -0.1) is 11.3 Å². The molecule has 0 aromatic carbocycles. The van der Waals surface area contributed by atoms with Crippen molar-refractivity contribution in [1.82, 2.24) is 5.32 Å². The molecule has 2 aromatic rings. The summed E-state index contributed by atoms with van der Waals surface area (Å²) in [6, 6.07) is 4.57. The lowest BCUT2D eigenvalue weighted by Gasteiger charge is -2.15. The summed E-state index contributed by atoms with van der Waals surface area (Å²) < 4.78 is 6.26. The van der Waals surface area contributed by atoms with E-state index in [0.29, 0.717) is 6.04 Å². The molecule has 2 rings (SSSR count). The number of hydrogen-bond acceptors (Lipinski definition) is 3. The molecule has 1 N–H and O–H groups in total. The fourth-order valence-electron chi connectivity index (χ4n) is 1.68. The molecule has 2 aromatic heterocycles. The van der Waals surface area contributed by atoms with E-state index >= 15 is 0 Å². The van der Waals surface area contributed by atoms with Gasteiger partial charge in [0.05, 0.1) is 12.5 Å². The molecule has 4 heteroatoms. The number of rotatable bonds is 5. The van der Waals surface area contributed by atoms with Gasteiger partial charge in [-0.25, -0.2) is 0 Å². The molecule has 86 valence electrons. The van der Waals surface area contributed by atoms with Gasteiger partial charge in [-0.05, 0) is 46.6 Å². The Balaban J connectivity index is 2.11. The number of thiophene rings is 1. The van der Waals surface area contributed by atoms with Crippen LogP contribution in [0, 0.1) is 0 Å². The van der Waals surface area contributed by atoms with Crippen molar-refractivity contribution in [2.24, 2.45) is 0 Å². The van der Waals surface area contributed by atoms with E-state index < -0.39 is 0 Å². The zero-order valence-corrected chi connectivity index (χ0v) is 11.5. The van der Waals surface area contributed by atoms with E-state index in [1.54, 1.807) is 17.6 Å². The maximum Gasteiger partial charge on any atom is 0.0935 e. The third kappa shape index (κ3) is 2.97. The highest BCUT2D eigenvalue weighted by molar-refractivity contribution is 9.10. The molecule has 1 unspecified atom stereocenters. The Hall–Kier alpha value is -0.580. The van der Waals surface area contributed by atoms with Gasteiger partial charge >= 0.3 is 0 Å². The SMILES string of the molecule is CCNC(Cc1ccoc1)c1cc(Br)cs1. The van der Waals surface area contributed by atoms with E-state index in [1.165, 1.54) is 10.4 Å². The van der Waals surface area contributed by atoms with Crippen molar-refractivity contribution in [2.45, 2.75) is 19.4 Å². The van der Waals surface area contributed by atoms with Crippen LogP contribution in [0.25, 0.3) is 0 Å². The molecular weight excluding hydrogens is 286 g/mol. The summed E-state index contributed by atoms with van der Waals surface area (Å²) in [6.45, 7) is 3.10. The highest BCUT2D eigenvalue weighted by Gasteiger charge is 2.13. The van der Waals surface area contributed by atoms with Gasteiger partial charge in [0.2, 0.25) is 0 Å². The highest BCUT2D eigenvalue weighted by atomic mass is 79.9. The van der Waals surface area contributed by atoms with Crippen LogP contribution in [-0.2, 0) is 6.42 Å². The lowest BCUT2D eigenvalue weighted by molar-refractivity contribution is 0.540. The predicted octanol–water partition coefficient (Wildman–Crippen LogP) is 4.00. The molecule has 0 saturated heterocycles. The topological polar surface area (TPSA) is 25.2 Å². The van der Waals surface area contributed by atoms with Crippen molar-refractivity contribution in [3.05, 3.63) is 45.0 Å². The van der Waals surface area contributed by atoms with Crippen molar-refractivity contribution in [1.29, 1.82) is 0 Å². The standard InChI is InChI=1S/C12H14BrNOS/c1-2-14-11(5-9-3-4-15-7-9)12-6-10(13)8-16-12/h3-4,6-8,11,14H,2,5H2,1H3. The van der Waals surface area contributed by atoms with Crippen molar-refractivity contribution >= 4 is 27.3 Å². The van der Waals surface area contributed by atoms with Crippen molar-refractivity contribution in [3.63, 3.8) is 0 Å². The second-order valence-electron chi connectivity index (χ2n) is 3.61. The van der Waals surface area contributed by atoms with Crippen molar-refractivity contribution in [3.8, 4) is 0 Å². The zero-order valence-electron chi connectivity index (χ0n) is 9.07. The van der Waals surface area contributed by atoms with Gasteiger partial charge in [0.15, 0.2) is 0 Å². The van der Waals surface area contributed by atoms with Crippen LogP contribution < -0.4 is 5.32 Å². The van der Waals surface area contributed by atoms with Crippen LogP contribution in [0.5, 0.6) is 0 Å². The first kappa shape index (κ1) is 11.9. The van der Waals surface area contributed by atoms with Crippen LogP contribution in [0.1, 0.15) is 23.4 Å². The van der Waals surface area contributed by atoms with Crippen molar-refractivity contribution < 1.29 is 4.42 Å². The molecule has 0 aliphatic heterocycles. The van der Waals surface area contributed by atoms with Crippen LogP contribution in [0.3, 0.4) is 0 Å². The summed E-state index contributed by atoms with van der Waals surface area (Å²) in [5.41, 5.74) is 1.23. The number of halogens is 1. The number of likely N-dealkylation sites (N-methyl/N-ethyl adjacent to an activating group) is 1. The van der Waals surface area contributed by atoms with E-state index in [1.807, 2.05) is 12.3 Å². The first-order valence-electron chi connectivity index (χ1n) is 5.28. The number of nitrogens with one attached hydrogen (secondary N) is 1. The molecule has 0 radical (unpaired) electrons. The summed E-state index contributed by atoms with van der Waals surface area (Å²) in [7, 11) is 0. The van der Waals surface area contributed by atoms with Crippen LogP contribution in [0.4, 0.5) is 0 Å². The smallest absolute Gasteiger partial charge is 0.0935 e. The Bertz CT molecular complexity index is 424. The number of hydrogen-bond donors (Lipinski definition) is 1. The predicted molar refractivity (Wildman–Crippen MR) is 70.8 cm³/mol. The summed E-state index contributed by atoms with van der Waals surface area (Å²) in [5, 5.41) is 5.62. The fraction of sp³-hybridized carbons (Fsp3) is 0.333. The van der Waals surface area contributed by atoms with E-state index in [2.05, 4.69) is 39.6 Å². The number of furan rings is 1. The van der Waals surface area contributed by atoms with E-state index in [-0.39, 0.29) is 0 Å². The van der Waals surface area contributed by atoms with Crippen LogP contribution in [-0.4, -0.2) is 6.54 Å². The molecule has 0 aliphatic carbocycles. The second-order valence-corrected chi connectivity index (χ2v) is 5.47. The average molecular weight is 300 g/mol. The molecule has 1 atom stereocenters. The quantitative estimate of drug-likeness (QED) is 0.903. The first-order chi connectivity index (χ1) is 7.79. The molecule has 0 fully saturated rings. The van der Waals surface area contributed by atoms with Gasteiger partial charge in [-0.3, -0.25) is 0 Å². The third-order valence-corrected chi connectivity index (χ3v) is 4.21. The van der Waals surface area contributed by atoms with Crippen molar-refractivity contribution in [2.75, 3.05) is 6.54 Å². The lowest BCUT2D eigenvalue weighted by atomic mass is 10.1. The Morgan fingerprint density at radius 1 is 1.56 bits per heavy atom. The maximum atomic E-state index is 5.10. The van der Waals surface area contributed by atoms with E-state index in [9.17, 15) is 0 Å². The minimum atomic E-state index is 0.374. The second kappa shape index (κ2) is 5.66. The van der Waals surface area contributed by atoms with Gasteiger partial charge in [0.1, 0.15) is 0 Å². The maximum absolute atomic E-state index is 5.10. The van der Waals surface area contributed by atoms with Gasteiger partial charge < -0.3 is 9.73 Å². The molecule has 16 heavy (non-hydrogen) atoms. The summed E-state index contributed by atoms with van der Waals surface area (Å²) in [6.07, 6.45) is 4.51. The average Bonchev–Trinajstić information content (AvgIpc) is 2.88. The van der Waals surface area contributed by atoms with Gasteiger partial charge in [0, 0.05) is 20.8 Å². The molecule has 0 amide bonds. The Morgan fingerprint density at radius 2 is 2.44 bits per heavy atom. The van der Waals surface area contributed by atoms with Gasteiger partial charge in [-0.1, -0.05) is 6.92 Å². The molecule has 2 nitrogen and oxygen atoms in total. The molecule has 0 saturated carbocycles. The van der Waals surface area contributed by atoms with Gasteiger partial charge in [-0.2, -0.15) is 0 Å². The molecule has 0 bridgehead atoms. The Labute approximate surface area is 108 Å². The Morgan fingerprint density at radius 3 is 3.00 bits per heavy atom. The molecule has 0 aliphatic rings. The third-order valence-electron chi connectivity index (χ3n) is 2.40. The summed E-state index contributed by atoms with van der Waals surface area (Å²) in [5.74, 6) is 0. The monoisotopic (exact) mass is 299 g/mol. The minimum Gasteiger partial charge on any atom is -0.472 e. The largest absolute Gasteiger partial charge is 0.472 e. The minimum absolute atomic E-state index is 0.374. The van der Waals surface area contributed by atoms with Gasteiger partial charge in [0.25, 0.3) is 0 Å². The fourth-order valence-corrected chi connectivity index (χ4v) is 3.20. The normalized spacial score (nSPS) is 12.9. The van der Waals surface area contributed by atoms with Crippen LogP contribution in [0.15, 0.2) is 38.9 Å². The Kier molecular flexibility index (Phi) is 4.21. The lowest BCUT2D eigenvalue weighted by Crippen LogP contribution is -2.21. The van der Waals surface area contributed by atoms with E-state index in [4.69, 9.17) is 4.42 Å². The summed E-state index contributed by atoms with van der Waals surface area (Å²) in [4.78, 5) is 1.36.